The second-order valence-electron chi connectivity index (χ2n) is 10.1. The second kappa shape index (κ2) is 5.99. The van der Waals surface area contributed by atoms with Crippen molar-refractivity contribution in [2.45, 2.75) is 64.6 Å². The van der Waals surface area contributed by atoms with E-state index < -0.39 is 28.2 Å². The van der Waals surface area contributed by atoms with Crippen molar-refractivity contribution in [1.29, 1.82) is 0 Å². The normalized spacial score (nSPS) is 46.9. The Balaban J connectivity index is 1.54. The smallest absolute Gasteiger partial charge is 0.389 e. The van der Waals surface area contributed by atoms with Gasteiger partial charge in [0.15, 0.2) is 11.6 Å². The Morgan fingerprint density at radius 2 is 1.90 bits per heavy atom. The van der Waals surface area contributed by atoms with Crippen LogP contribution in [0.25, 0.3) is 0 Å². The first-order chi connectivity index (χ1) is 13.6. The van der Waals surface area contributed by atoms with Crippen LogP contribution >= 0.6 is 0 Å². The fourth-order valence-electron chi connectivity index (χ4n) is 7.84. The summed E-state index contributed by atoms with van der Waals surface area (Å²) in [6, 6.07) is 0. The SMILES string of the molecule is C[C@]12CC[C@H]3[C@@H](CCC4=CC(=O)CC5(OS(=O)(=O)O5)[C@@]43C)[C@@H]1CC[C@@H]2C(=O)CO. The van der Waals surface area contributed by atoms with Crippen molar-refractivity contribution in [3.63, 3.8) is 0 Å². The van der Waals surface area contributed by atoms with E-state index in [1.54, 1.807) is 6.08 Å². The molecule has 7 nitrogen and oxygen atoms in total. The minimum absolute atomic E-state index is 0.0625. The molecule has 8 heteroatoms. The van der Waals surface area contributed by atoms with Crippen LogP contribution in [0.5, 0.6) is 0 Å². The third kappa shape index (κ3) is 2.43. The molecule has 0 radical (unpaired) electrons. The standard InChI is InChI=1S/C21H28O7S/c1-19-8-7-16-14(15(19)5-6-17(19)18(24)11-22)4-3-12-9-13(23)10-21(20(12,16)2)27-29(25,26)28-21/h9,14-17,22H,3-8,10-11H2,1-2H3/t14-,15-,16-,17+,19-,20-/m0/s1. The molecule has 0 amide bonds. The quantitative estimate of drug-likeness (QED) is 0.725. The predicted octanol–water partition coefficient (Wildman–Crippen LogP) is 2.29. The van der Waals surface area contributed by atoms with E-state index in [2.05, 4.69) is 6.92 Å². The summed E-state index contributed by atoms with van der Waals surface area (Å²) in [6.45, 7) is 3.79. The number of carbonyl (C=O) groups is 2. The van der Waals surface area contributed by atoms with Crippen molar-refractivity contribution in [3.05, 3.63) is 11.6 Å². The number of aliphatic hydroxyl groups excluding tert-OH is 1. The third-order valence-corrected chi connectivity index (χ3v) is 10.1. The number of hydrogen-bond acceptors (Lipinski definition) is 7. The van der Waals surface area contributed by atoms with Crippen LogP contribution in [-0.4, -0.2) is 37.5 Å². The van der Waals surface area contributed by atoms with Gasteiger partial charge in [0, 0.05) is 11.3 Å². The van der Waals surface area contributed by atoms with Gasteiger partial charge in [-0.25, -0.2) is 8.37 Å². The van der Waals surface area contributed by atoms with Gasteiger partial charge in [-0.1, -0.05) is 19.4 Å². The molecule has 1 aliphatic heterocycles. The Hall–Kier alpha value is -1.09. The molecule has 0 aromatic carbocycles. The molecule has 0 unspecified atom stereocenters. The summed E-state index contributed by atoms with van der Waals surface area (Å²) in [4.78, 5) is 24.7. The first-order valence-electron chi connectivity index (χ1n) is 10.6. The molecule has 5 rings (SSSR count). The average Bonchev–Trinajstić information content (AvgIpc) is 2.98. The molecule has 4 aliphatic carbocycles. The largest absolute Gasteiger partial charge is 0.405 e. The Labute approximate surface area is 171 Å². The van der Waals surface area contributed by atoms with Crippen LogP contribution < -0.4 is 0 Å². The van der Waals surface area contributed by atoms with Gasteiger partial charge in [-0.15, -0.1) is 0 Å². The Bertz CT molecular complexity index is 909. The van der Waals surface area contributed by atoms with Gasteiger partial charge in [-0.2, -0.15) is 8.42 Å². The zero-order valence-electron chi connectivity index (χ0n) is 16.8. The summed E-state index contributed by atoms with van der Waals surface area (Å²) in [5.41, 5.74) is 0.133. The van der Waals surface area contributed by atoms with E-state index in [1.807, 2.05) is 6.92 Å². The number of Topliss-reactive ketones (excluding diaryl/α,β-unsaturated/α-hetero) is 1. The molecular formula is C21H28O7S. The summed E-state index contributed by atoms with van der Waals surface area (Å²) >= 11 is 0. The minimum Gasteiger partial charge on any atom is -0.389 e. The highest BCUT2D eigenvalue weighted by Gasteiger charge is 2.72. The molecule has 1 heterocycles. The first-order valence-corrected chi connectivity index (χ1v) is 11.9. The van der Waals surface area contributed by atoms with Gasteiger partial charge in [0.1, 0.15) is 6.61 Å². The molecule has 0 aromatic rings. The number of carbonyl (C=O) groups excluding carboxylic acids is 2. The van der Waals surface area contributed by atoms with Crippen molar-refractivity contribution < 1.29 is 31.5 Å². The molecule has 5 aliphatic rings. The molecular weight excluding hydrogens is 396 g/mol. The second-order valence-corrected chi connectivity index (χ2v) is 11.2. The Morgan fingerprint density at radius 1 is 1.17 bits per heavy atom. The van der Waals surface area contributed by atoms with Crippen molar-refractivity contribution in [1.82, 2.24) is 0 Å². The van der Waals surface area contributed by atoms with E-state index in [-0.39, 0.29) is 35.2 Å². The van der Waals surface area contributed by atoms with Crippen LogP contribution in [0, 0.1) is 34.5 Å². The van der Waals surface area contributed by atoms with Gasteiger partial charge < -0.3 is 5.11 Å². The van der Waals surface area contributed by atoms with E-state index >= 15 is 0 Å². The molecule has 0 bridgehead atoms. The van der Waals surface area contributed by atoms with E-state index in [0.717, 1.165) is 37.7 Å². The lowest BCUT2D eigenvalue weighted by Crippen LogP contribution is -2.68. The van der Waals surface area contributed by atoms with Crippen LogP contribution in [0.15, 0.2) is 11.6 Å². The van der Waals surface area contributed by atoms with Gasteiger partial charge in [0.25, 0.3) is 0 Å². The lowest BCUT2D eigenvalue weighted by atomic mass is 9.45. The summed E-state index contributed by atoms with van der Waals surface area (Å²) in [5, 5.41) is 9.43. The summed E-state index contributed by atoms with van der Waals surface area (Å²) < 4.78 is 34.3. The molecule has 160 valence electrons. The molecule has 29 heavy (non-hydrogen) atoms. The van der Waals surface area contributed by atoms with Gasteiger partial charge >= 0.3 is 10.4 Å². The van der Waals surface area contributed by atoms with Gasteiger partial charge in [0.2, 0.25) is 5.79 Å². The third-order valence-electron chi connectivity index (χ3n) is 9.14. The molecule has 1 N–H and O–H groups in total. The van der Waals surface area contributed by atoms with E-state index in [4.69, 9.17) is 8.37 Å². The average molecular weight is 425 g/mol. The maximum atomic E-state index is 12.4. The van der Waals surface area contributed by atoms with E-state index in [9.17, 15) is 23.1 Å². The van der Waals surface area contributed by atoms with Crippen LogP contribution in [-0.2, 0) is 28.4 Å². The molecule has 4 fully saturated rings. The van der Waals surface area contributed by atoms with E-state index in [1.165, 1.54) is 0 Å². The van der Waals surface area contributed by atoms with Crippen molar-refractivity contribution in [3.8, 4) is 0 Å². The van der Waals surface area contributed by atoms with Crippen molar-refractivity contribution in [2.75, 3.05) is 6.61 Å². The van der Waals surface area contributed by atoms with Crippen molar-refractivity contribution >= 4 is 22.0 Å². The first kappa shape index (κ1) is 19.8. The van der Waals surface area contributed by atoms with Crippen molar-refractivity contribution in [2.24, 2.45) is 34.5 Å². The summed E-state index contributed by atoms with van der Waals surface area (Å²) in [6.07, 6.45) is 6.63. The molecule has 3 saturated carbocycles. The lowest BCUT2D eigenvalue weighted by Gasteiger charge is -2.63. The summed E-state index contributed by atoms with van der Waals surface area (Å²) in [5.74, 6) is -0.968. The van der Waals surface area contributed by atoms with Crippen LogP contribution in [0.2, 0.25) is 0 Å². The Morgan fingerprint density at radius 3 is 2.55 bits per heavy atom. The fraction of sp³-hybridized carbons (Fsp3) is 0.810. The fourth-order valence-corrected chi connectivity index (χ4v) is 8.98. The van der Waals surface area contributed by atoms with Crippen LogP contribution in [0.3, 0.4) is 0 Å². The highest BCUT2D eigenvalue weighted by atomic mass is 32.3. The number of rotatable bonds is 2. The molecule has 0 aromatic heterocycles. The maximum absolute atomic E-state index is 12.4. The zero-order chi connectivity index (χ0) is 20.8. The predicted molar refractivity (Wildman–Crippen MR) is 101 cm³/mol. The number of aliphatic hydroxyl groups is 1. The van der Waals surface area contributed by atoms with E-state index in [0.29, 0.717) is 18.3 Å². The van der Waals surface area contributed by atoms with Gasteiger partial charge in [0.05, 0.1) is 6.42 Å². The monoisotopic (exact) mass is 424 g/mol. The summed E-state index contributed by atoms with van der Waals surface area (Å²) in [7, 11) is -4.04. The topological polar surface area (TPSA) is 107 Å². The molecule has 1 saturated heterocycles. The zero-order valence-corrected chi connectivity index (χ0v) is 17.7. The number of hydrogen-bond donors (Lipinski definition) is 1. The van der Waals surface area contributed by atoms with Crippen LogP contribution in [0.4, 0.5) is 0 Å². The van der Waals surface area contributed by atoms with Gasteiger partial charge in [-0.3, -0.25) is 9.59 Å². The minimum atomic E-state index is -4.04. The number of fused-ring (bicyclic) bond motifs is 6. The molecule has 6 atom stereocenters. The van der Waals surface area contributed by atoms with Gasteiger partial charge in [-0.05, 0) is 67.8 Å². The molecule has 1 spiro atoms. The maximum Gasteiger partial charge on any atom is 0.405 e. The Kier molecular flexibility index (Phi) is 4.10. The number of ketones is 2. The van der Waals surface area contributed by atoms with Crippen LogP contribution in [0.1, 0.15) is 58.8 Å². The highest BCUT2D eigenvalue weighted by Crippen LogP contribution is 2.70. The lowest BCUT2D eigenvalue weighted by molar-refractivity contribution is -0.278. The highest BCUT2D eigenvalue weighted by molar-refractivity contribution is 7.82.